The second-order valence-corrected chi connectivity index (χ2v) is 5.86. The monoisotopic (exact) mass is 306 g/mol. The van der Waals surface area contributed by atoms with Crippen molar-refractivity contribution < 1.29 is 4.79 Å². The summed E-state index contributed by atoms with van der Waals surface area (Å²) < 4.78 is 0. The van der Waals surface area contributed by atoms with Crippen molar-refractivity contribution in [3.05, 3.63) is 27.6 Å². The highest BCUT2D eigenvalue weighted by Crippen LogP contribution is 2.36. The Kier molecular flexibility index (Phi) is 4.37. The van der Waals surface area contributed by atoms with Crippen molar-refractivity contribution in [2.45, 2.75) is 20.3 Å². The molecule has 0 spiro atoms. The Morgan fingerprint density at radius 1 is 1.55 bits per heavy atom. The highest BCUT2D eigenvalue weighted by atomic mass is 32.1. The van der Waals surface area contributed by atoms with E-state index in [1.807, 2.05) is 24.1 Å². The van der Waals surface area contributed by atoms with Gasteiger partial charge >= 0.3 is 0 Å². The summed E-state index contributed by atoms with van der Waals surface area (Å²) in [5.41, 5.74) is 6.71. The van der Waals surface area contributed by atoms with Gasteiger partial charge in [-0.25, -0.2) is 4.98 Å². The Labute approximate surface area is 125 Å². The first-order valence-corrected chi connectivity index (χ1v) is 7.86. The van der Waals surface area contributed by atoms with Crippen LogP contribution in [-0.2, 0) is 6.42 Å². The fourth-order valence-corrected chi connectivity index (χ4v) is 3.90. The molecule has 2 rings (SSSR count). The summed E-state index contributed by atoms with van der Waals surface area (Å²) >= 11 is 2.77. The Hall–Kier alpha value is -1.91. The molecular weight excluding hydrogens is 292 g/mol. The fourth-order valence-electron chi connectivity index (χ4n) is 1.85. The van der Waals surface area contributed by atoms with Gasteiger partial charge in [0.1, 0.15) is 15.9 Å². The van der Waals surface area contributed by atoms with Crippen molar-refractivity contribution in [1.29, 1.82) is 5.26 Å². The lowest BCUT2D eigenvalue weighted by Crippen LogP contribution is -2.15. The Morgan fingerprint density at radius 3 is 2.80 bits per heavy atom. The molecule has 104 valence electrons. The second kappa shape index (κ2) is 6.03. The van der Waals surface area contributed by atoms with E-state index in [9.17, 15) is 4.79 Å². The van der Waals surface area contributed by atoms with Crippen LogP contribution in [0.2, 0.25) is 0 Å². The number of carbonyl (C=O) groups is 1. The van der Waals surface area contributed by atoms with Crippen LogP contribution in [0.25, 0.3) is 0 Å². The summed E-state index contributed by atoms with van der Waals surface area (Å²) in [4.78, 5) is 18.4. The molecule has 0 saturated heterocycles. The first-order chi connectivity index (χ1) is 9.62. The standard InChI is InChI=1S/C13H14N4OS2/c1-3-9-10(11(15)18)20-13(16-9)17(4-2)12-8(7-14)5-6-19-12/h5-6H,3-4H2,1-2H3,(H2,15,18). The number of nitriles is 1. The molecule has 5 nitrogen and oxygen atoms in total. The minimum absolute atomic E-state index is 0.451. The van der Waals surface area contributed by atoms with Gasteiger partial charge < -0.3 is 10.6 Å². The molecule has 2 N–H and O–H groups in total. The summed E-state index contributed by atoms with van der Waals surface area (Å²) in [5, 5.41) is 12.6. The van der Waals surface area contributed by atoms with Gasteiger partial charge in [0.05, 0.1) is 11.3 Å². The van der Waals surface area contributed by atoms with E-state index in [1.54, 1.807) is 6.07 Å². The van der Waals surface area contributed by atoms with E-state index < -0.39 is 5.91 Å². The third-order valence-electron chi connectivity index (χ3n) is 2.80. The molecule has 0 fully saturated rings. The SMILES string of the molecule is CCc1nc(N(CC)c2sccc2C#N)sc1C(N)=O. The summed E-state index contributed by atoms with van der Waals surface area (Å²) in [7, 11) is 0. The van der Waals surface area contributed by atoms with Crippen LogP contribution in [0.15, 0.2) is 11.4 Å². The molecule has 0 unspecified atom stereocenters. The number of hydrogen-bond acceptors (Lipinski definition) is 6. The normalized spacial score (nSPS) is 10.2. The third-order valence-corrected chi connectivity index (χ3v) is 4.87. The van der Waals surface area contributed by atoms with Crippen molar-refractivity contribution in [2.24, 2.45) is 5.73 Å². The molecule has 0 radical (unpaired) electrons. The zero-order chi connectivity index (χ0) is 14.7. The molecule has 0 aliphatic rings. The van der Waals surface area contributed by atoms with E-state index in [0.29, 0.717) is 34.2 Å². The van der Waals surface area contributed by atoms with Crippen molar-refractivity contribution in [2.75, 3.05) is 11.4 Å². The van der Waals surface area contributed by atoms with Gasteiger partial charge in [0.2, 0.25) is 0 Å². The molecule has 0 aliphatic heterocycles. The molecule has 0 aromatic carbocycles. The maximum Gasteiger partial charge on any atom is 0.260 e. The van der Waals surface area contributed by atoms with Gasteiger partial charge in [-0.3, -0.25) is 4.79 Å². The van der Waals surface area contributed by atoms with Gasteiger partial charge in [0.25, 0.3) is 5.91 Å². The van der Waals surface area contributed by atoms with Crippen molar-refractivity contribution in [3.8, 4) is 6.07 Å². The average Bonchev–Trinajstić information content (AvgIpc) is 3.06. The van der Waals surface area contributed by atoms with Gasteiger partial charge in [-0.2, -0.15) is 5.26 Å². The van der Waals surface area contributed by atoms with Gasteiger partial charge in [-0.1, -0.05) is 18.3 Å². The van der Waals surface area contributed by atoms with Crippen molar-refractivity contribution in [3.63, 3.8) is 0 Å². The van der Waals surface area contributed by atoms with Gasteiger partial charge in [0, 0.05) is 6.54 Å². The minimum Gasteiger partial charge on any atom is -0.365 e. The molecule has 7 heteroatoms. The number of hydrogen-bond donors (Lipinski definition) is 1. The highest BCUT2D eigenvalue weighted by Gasteiger charge is 2.21. The van der Waals surface area contributed by atoms with E-state index >= 15 is 0 Å². The van der Waals surface area contributed by atoms with Crippen LogP contribution in [0.1, 0.15) is 34.8 Å². The number of rotatable bonds is 5. The molecule has 0 saturated carbocycles. The number of anilines is 2. The van der Waals surface area contributed by atoms with E-state index in [1.165, 1.54) is 22.7 Å². The summed E-state index contributed by atoms with van der Waals surface area (Å²) in [5.74, 6) is -0.451. The molecule has 20 heavy (non-hydrogen) atoms. The van der Waals surface area contributed by atoms with Gasteiger partial charge in [-0.05, 0) is 24.8 Å². The molecule has 2 aromatic rings. The maximum absolute atomic E-state index is 11.4. The zero-order valence-electron chi connectivity index (χ0n) is 11.2. The van der Waals surface area contributed by atoms with Crippen LogP contribution in [0, 0.1) is 11.3 Å². The minimum atomic E-state index is -0.451. The van der Waals surface area contributed by atoms with Crippen molar-refractivity contribution >= 4 is 38.7 Å². The summed E-state index contributed by atoms with van der Waals surface area (Å²) in [6.45, 7) is 4.59. The summed E-state index contributed by atoms with van der Waals surface area (Å²) in [6.07, 6.45) is 0.655. The van der Waals surface area contributed by atoms with E-state index in [0.717, 1.165) is 5.00 Å². The first kappa shape index (κ1) is 14.5. The second-order valence-electron chi connectivity index (χ2n) is 3.99. The molecule has 0 aliphatic carbocycles. The lowest BCUT2D eigenvalue weighted by Gasteiger charge is -2.18. The highest BCUT2D eigenvalue weighted by molar-refractivity contribution is 7.18. The van der Waals surface area contributed by atoms with Gasteiger partial charge in [-0.15, -0.1) is 11.3 Å². The Balaban J connectivity index is 2.48. The van der Waals surface area contributed by atoms with Crippen molar-refractivity contribution in [1.82, 2.24) is 4.98 Å². The van der Waals surface area contributed by atoms with Crippen LogP contribution < -0.4 is 10.6 Å². The topological polar surface area (TPSA) is 83.0 Å². The zero-order valence-corrected chi connectivity index (χ0v) is 12.8. The Bertz CT molecular complexity index is 668. The largest absolute Gasteiger partial charge is 0.365 e. The first-order valence-electron chi connectivity index (χ1n) is 6.16. The number of aromatic nitrogens is 1. The maximum atomic E-state index is 11.4. The molecule has 0 atom stereocenters. The number of carbonyl (C=O) groups excluding carboxylic acids is 1. The number of primary amides is 1. The smallest absolute Gasteiger partial charge is 0.260 e. The van der Waals surface area contributed by atoms with Crippen LogP contribution in [0.3, 0.4) is 0 Å². The summed E-state index contributed by atoms with van der Waals surface area (Å²) in [6, 6.07) is 3.96. The molecule has 2 heterocycles. The number of nitrogens with zero attached hydrogens (tertiary/aromatic N) is 3. The molecular formula is C13H14N4OS2. The number of aryl methyl sites for hydroxylation is 1. The lowest BCUT2D eigenvalue weighted by molar-refractivity contribution is 0.100. The average molecular weight is 306 g/mol. The number of amides is 1. The third kappa shape index (κ3) is 2.53. The Morgan fingerprint density at radius 2 is 2.30 bits per heavy atom. The molecule has 0 bridgehead atoms. The van der Waals surface area contributed by atoms with Crippen LogP contribution in [0.5, 0.6) is 0 Å². The lowest BCUT2D eigenvalue weighted by atomic mass is 10.3. The number of nitrogens with two attached hydrogens (primary N) is 1. The van der Waals surface area contributed by atoms with E-state index in [2.05, 4.69) is 11.1 Å². The van der Waals surface area contributed by atoms with Crippen LogP contribution in [0.4, 0.5) is 10.1 Å². The predicted molar refractivity (Wildman–Crippen MR) is 81.7 cm³/mol. The fraction of sp³-hybridized carbons (Fsp3) is 0.308. The molecule has 2 aromatic heterocycles. The van der Waals surface area contributed by atoms with Crippen LogP contribution in [-0.4, -0.2) is 17.4 Å². The van der Waals surface area contributed by atoms with Gasteiger partial charge in [0.15, 0.2) is 5.13 Å². The molecule has 1 amide bonds. The van der Waals surface area contributed by atoms with E-state index in [-0.39, 0.29) is 0 Å². The van der Waals surface area contributed by atoms with Crippen LogP contribution >= 0.6 is 22.7 Å². The number of thiophene rings is 1. The predicted octanol–water partition coefficient (Wildman–Crippen LogP) is 2.90. The number of thiazole rings is 1. The quantitative estimate of drug-likeness (QED) is 0.920. The van der Waals surface area contributed by atoms with E-state index in [4.69, 9.17) is 11.0 Å².